The molecular weight excluding hydrogens is 232 g/mol. The zero-order valence-electron chi connectivity index (χ0n) is 8.48. The molecule has 84 valence electrons. The van der Waals surface area contributed by atoms with Crippen LogP contribution in [0.5, 0.6) is 0 Å². The van der Waals surface area contributed by atoms with Crippen LogP contribution < -0.4 is 5.32 Å². The van der Waals surface area contributed by atoms with Gasteiger partial charge in [-0.1, -0.05) is 11.6 Å². The molecule has 1 aromatic rings. The lowest BCUT2D eigenvalue weighted by Gasteiger charge is -2.11. The normalized spacial score (nSPS) is 20.4. The van der Waals surface area contributed by atoms with Crippen molar-refractivity contribution in [3.05, 3.63) is 17.5 Å². The molecule has 1 atom stereocenters. The number of carbonyl (C=O) groups is 2. The van der Waals surface area contributed by atoms with Crippen LogP contribution in [0.25, 0.3) is 0 Å². The predicted molar refractivity (Wildman–Crippen MR) is 56.8 cm³/mol. The molecule has 0 bridgehead atoms. The highest BCUT2D eigenvalue weighted by molar-refractivity contribution is 6.29. The molecule has 0 spiro atoms. The number of anilines is 1. The average molecular weight is 241 g/mol. The first-order valence-electron chi connectivity index (χ1n) is 4.62. The van der Waals surface area contributed by atoms with Gasteiger partial charge in [0.05, 0.1) is 6.42 Å². The number of rotatable bonds is 2. The van der Waals surface area contributed by atoms with E-state index in [0.29, 0.717) is 5.82 Å². The lowest BCUT2D eigenvalue weighted by Crippen LogP contribution is -2.32. The molecule has 1 saturated heterocycles. The molecule has 2 heterocycles. The molecule has 0 aromatic carbocycles. The maximum Gasteiger partial charge on any atom is 0.251 e. The fourth-order valence-corrected chi connectivity index (χ4v) is 1.61. The topological polar surface area (TPSA) is 75.2 Å². The molecule has 1 aliphatic rings. The van der Waals surface area contributed by atoms with Gasteiger partial charge in [0.1, 0.15) is 23.3 Å². The second-order valence-corrected chi connectivity index (χ2v) is 3.81. The molecule has 1 fully saturated rings. The first kappa shape index (κ1) is 10.8. The van der Waals surface area contributed by atoms with Gasteiger partial charge in [0.15, 0.2) is 0 Å². The number of hydrogen-bond acceptors (Lipinski definition) is 5. The number of likely N-dealkylation sites (N-methyl/N-ethyl adjacent to an activating group) is 1. The lowest BCUT2D eigenvalue weighted by atomic mass is 10.2. The average Bonchev–Trinajstić information content (AvgIpc) is 2.47. The Morgan fingerprint density at radius 2 is 2.25 bits per heavy atom. The minimum atomic E-state index is -0.566. The third-order valence-corrected chi connectivity index (χ3v) is 2.54. The summed E-state index contributed by atoms with van der Waals surface area (Å²) in [5.41, 5.74) is 0. The Kier molecular flexibility index (Phi) is 2.74. The highest BCUT2D eigenvalue weighted by Crippen LogP contribution is 2.16. The van der Waals surface area contributed by atoms with E-state index in [0.717, 1.165) is 4.90 Å². The van der Waals surface area contributed by atoms with Gasteiger partial charge in [-0.25, -0.2) is 9.97 Å². The van der Waals surface area contributed by atoms with Gasteiger partial charge in [0.25, 0.3) is 5.91 Å². The van der Waals surface area contributed by atoms with Crippen LogP contribution in [0.1, 0.15) is 6.42 Å². The molecule has 1 aromatic heterocycles. The first-order valence-corrected chi connectivity index (χ1v) is 5.00. The van der Waals surface area contributed by atoms with Crippen molar-refractivity contribution < 1.29 is 9.59 Å². The van der Waals surface area contributed by atoms with Gasteiger partial charge in [-0.15, -0.1) is 0 Å². The molecule has 1 N–H and O–H groups in total. The first-order chi connectivity index (χ1) is 7.58. The molecule has 2 rings (SSSR count). The number of halogens is 1. The van der Waals surface area contributed by atoms with E-state index in [1.807, 2.05) is 0 Å². The summed E-state index contributed by atoms with van der Waals surface area (Å²) in [5, 5.41) is 3.12. The number of likely N-dealkylation sites (tertiary alicyclic amines) is 1. The Labute approximate surface area is 96.6 Å². The number of aromatic nitrogens is 2. The Hall–Kier alpha value is -1.69. The highest BCUT2D eigenvalue weighted by Gasteiger charge is 2.36. The molecule has 6 nitrogen and oxygen atoms in total. The van der Waals surface area contributed by atoms with Crippen molar-refractivity contribution in [1.29, 1.82) is 0 Å². The van der Waals surface area contributed by atoms with E-state index in [9.17, 15) is 9.59 Å². The molecule has 0 saturated carbocycles. The fourth-order valence-electron chi connectivity index (χ4n) is 1.46. The largest absolute Gasteiger partial charge is 0.358 e. The van der Waals surface area contributed by atoms with Gasteiger partial charge in [0.2, 0.25) is 5.91 Å². The van der Waals surface area contributed by atoms with E-state index >= 15 is 0 Å². The van der Waals surface area contributed by atoms with E-state index in [1.54, 1.807) is 0 Å². The van der Waals surface area contributed by atoms with Gasteiger partial charge in [-0.2, -0.15) is 0 Å². The van der Waals surface area contributed by atoms with Crippen LogP contribution in [0, 0.1) is 0 Å². The van der Waals surface area contributed by atoms with Crippen molar-refractivity contribution in [1.82, 2.24) is 14.9 Å². The van der Waals surface area contributed by atoms with Crippen LogP contribution in [0.15, 0.2) is 12.4 Å². The van der Waals surface area contributed by atoms with Crippen molar-refractivity contribution >= 4 is 29.2 Å². The quantitative estimate of drug-likeness (QED) is 0.594. The van der Waals surface area contributed by atoms with Gasteiger partial charge < -0.3 is 5.32 Å². The van der Waals surface area contributed by atoms with E-state index in [-0.39, 0.29) is 23.4 Å². The summed E-state index contributed by atoms with van der Waals surface area (Å²) < 4.78 is 0. The number of imide groups is 1. The second kappa shape index (κ2) is 4.05. The van der Waals surface area contributed by atoms with Gasteiger partial charge in [0, 0.05) is 13.1 Å². The van der Waals surface area contributed by atoms with Gasteiger partial charge >= 0.3 is 0 Å². The summed E-state index contributed by atoms with van der Waals surface area (Å²) in [5.74, 6) is -0.0381. The highest BCUT2D eigenvalue weighted by atomic mass is 35.5. The van der Waals surface area contributed by atoms with Crippen molar-refractivity contribution in [2.45, 2.75) is 12.5 Å². The van der Waals surface area contributed by atoms with Crippen molar-refractivity contribution in [3.63, 3.8) is 0 Å². The van der Waals surface area contributed by atoms with Crippen LogP contribution in [-0.2, 0) is 9.59 Å². The van der Waals surface area contributed by atoms with Crippen LogP contribution >= 0.6 is 11.6 Å². The van der Waals surface area contributed by atoms with Gasteiger partial charge in [-0.3, -0.25) is 14.5 Å². The second-order valence-electron chi connectivity index (χ2n) is 3.42. The SMILES string of the molecule is CN1C(=O)CC(Nc2cc(Cl)ncn2)C1=O. The smallest absolute Gasteiger partial charge is 0.251 e. The van der Waals surface area contributed by atoms with E-state index in [2.05, 4.69) is 15.3 Å². The van der Waals surface area contributed by atoms with Crippen LogP contribution in [-0.4, -0.2) is 39.8 Å². The van der Waals surface area contributed by atoms with Crippen LogP contribution in [0.3, 0.4) is 0 Å². The molecule has 2 amide bonds. The zero-order valence-corrected chi connectivity index (χ0v) is 9.23. The summed E-state index contributed by atoms with van der Waals surface area (Å²) in [6.45, 7) is 0. The molecule has 16 heavy (non-hydrogen) atoms. The molecule has 7 heteroatoms. The third-order valence-electron chi connectivity index (χ3n) is 2.34. The number of nitrogens with one attached hydrogen (secondary N) is 1. The minimum absolute atomic E-state index is 0.136. The Bertz CT molecular complexity index is 451. The summed E-state index contributed by atoms with van der Waals surface area (Å²) in [4.78, 5) is 31.5. The van der Waals surface area contributed by atoms with Crippen LogP contribution in [0.4, 0.5) is 5.82 Å². The number of nitrogens with zero attached hydrogens (tertiary/aromatic N) is 3. The Morgan fingerprint density at radius 1 is 1.50 bits per heavy atom. The zero-order chi connectivity index (χ0) is 11.7. The summed E-state index contributed by atoms with van der Waals surface area (Å²) in [6.07, 6.45) is 1.42. The van der Waals surface area contributed by atoms with Crippen molar-refractivity contribution in [2.24, 2.45) is 0 Å². The van der Waals surface area contributed by atoms with Crippen molar-refractivity contribution in [3.8, 4) is 0 Å². The molecule has 0 radical (unpaired) electrons. The van der Waals surface area contributed by atoms with Crippen molar-refractivity contribution in [2.75, 3.05) is 12.4 Å². The fraction of sp³-hybridized carbons (Fsp3) is 0.333. The summed E-state index contributed by atoms with van der Waals surface area (Å²) in [7, 11) is 1.46. The monoisotopic (exact) mass is 240 g/mol. The number of amides is 2. The number of carbonyl (C=O) groups excluding carboxylic acids is 2. The molecule has 1 aliphatic heterocycles. The maximum absolute atomic E-state index is 11.6. The predicted octanol–water partition coefficient (Wildman–Crippen LogP) is 0.299. The van der Waals surface area contributed by atoms with E-state index in [1.165, 1.54) is 19.4 Å². The Morgan fingerprint density at radius 3 is 2.81 bits per heavy atom. The molecule has 0 aliphatic carbocycles. The third kappa shape index (κ3) is 1.96. The maximum atomic E-state index is 11.6. The van der Waals surface area contributed by atoms with Crippen LogP contribution in [0.2, 0.25) is 5.15 Å². The molecule has 1 unspecified atom stereocenters. The molecular formula is C9H9ClN4O2. The minimum Gasteiger partial charge on any atom is -0.358 e. The van der Waals surface area contributed by atoms with E-state index < -0.39 is 6.04 Å². The standard InChI is InChI=1S/C9H9ClN4O2/c1-14-8(15)2-5(9(14)16)13-7-3-6(10)11-4-12-7/h3-5H,2H2,1H3,(H,11,12,13). The number of hydrogen-bond donors (Lipinski definition) is 1. The summed E-state index contributed by atoms with van der Waals surface area (Å²) in [6, 6.07) is 0.931. The lowest BCUT2D eigenvalue weighted by molar-refractivity contribution is -0.136. The summed E-state index contributed by atoms with van der Waals surface area (Å²) >= 11 is 5.67. The van der Waals surface area contributed by atoms with E-state index in [4.69, 9.17) is 11.6 Å². The Balaban J connectivity index is 2.12. The van der Waals surface area contributed by atoms with Gasteiger partial charge in [-0.05, 0) is 0 Å².